The molecule has 0 atom stereocenters. The highest BCUT2D eigenvalue weighted by Crippen LogP contribution is 2.23. The molecule has 0 radical (unpaired) electrons. The third-order valence-electron chi connectivity index (χ3n) is 8.16. The lowest BCUT2D eigenvalue weighted by atomic mass is 10.0. The Morgan fingerprint density at radius 2 is 0.880 bits per heavy atom. The van der Waals surface area contributed by atoms with Crippen molar-refractivity contribution in [1.82, 2.24) is 0 Å². The Morgan fingerprint density at radius 3 is 1.22 bits per heavy atom. The predicted molar refractivity (Wildman–Crippen MR) is 200 cm³/mol. The first kappa shape index (κ1) is 39.8. The van der Waals surface area contributed by atoms with Gasteiger partial charge in [0.2, 0.25) is 11.6 Å². The lowest BCUT2D eigenvalue weighted by Crippen LogP contribution is -2.41. The van der Waals surface area contributed by atoms with Crippen molar-refractivity contribution in [3.63, 3.8) is 0 Å². The van der Waals surface area contributed by atoms with Gasteiger partial charge in [-0.15, -0.1) is 0 Å². The van der Waals surface area contributed by atoms with Crippen LogP contribution in [-0.2, 0) is 22.4 Å². The zero-order valence-corrected chi connectivity index (χ0v) is 30.8. The van der Waals surface area contributed by atoms with Crippen molar-refractivity contribution < 1.29 is 33.6 Å². The van der Waals surface area contributed by atoms with Gasteiger partial charge in [0.15, 0.2) is 24.4 Å². The maximum Gasteiger partial charge on any atom is 0.212 e. The second-order valence-corrected chi connectivity index (χ2v) is 13.5. The van der Waals surface area contributed by atoms with Gasteiger partial charge in [-0.2, -0.15) is 0 Å². The van der Waals surface area contributed by atoms with Crippen molar-refractivity contribution in [3.8, 4) is 23.0 Å². The highest BCUT2D eigenvalue weighted by atomic mass is 16.5. The number of hydrogen-bond donors (Lipinski definition) is 1. The highest BCUT2D eigenvalue weighted by molar-refractivity contribution is 5.88. The third-order valence-corrected chi connectivity index (χ3v) is 8.16. The Balaban J connectivity index is 0.000000270. The number of ketones is 2. The van der Waals surface area contributed by atoms with Gasteiger partial charge in [-0.25, -0.2) is 0 Å². The maximum absolute atomic E-state index is 12.5. The minimum atomic E-state index is -0.975. The topological polar surface area (TPSA) is 91.3 Å². The quantitative estimate of drug-likeness (QED) is 0.112. The monoisotopic (exact) mass is 682 g/mol. The van der Waals surface area contributed by atoms with Crippen molar-refractivity contribution in [1.29, 1.82) is 0 Å². The smallest absolute Gasteiger partial charge is 0.212 e. The zero-order valence-electron chi connectivity index (χ0n) is 30.8. The first-order valence-corrected chi connectivity index (χ1v) is 17.4. The number of carbonyl (C=O) groups excluding carboxylic acids is 2. The molecule has 0 bridgehead atoms. The number of hydrogen-bond acceptors (Lipinski definition) is 7. The Morgan fingerprint density at radius 1 is 0.540 bits per heavy atom. The minimum Gasteiger partial charge on any atom is -0.486 e. The molecule has 0 amide bonds. The molecule has 268 valence electrons. The Kier molecular flexibility index (Phi) is 15.6. The van der Waals surface area contributed by atoms with Crippen molar-refractivity contribution >= 4 is 11.6 Å². The molecular formula is C43H54O7. The average Bonchev–Trinajstić information content (AvgIpc) is 3.10. The van der Waals surface area contributed by atoms with Gasteiger partial charge in [-0.1, -0.05) is 73.0 Å². The fourth-order valence-electron chi connectivity index (χ4n) is 4.73. The van der Waals surface area contributed by atoms with E-state index >= 15 is 0 Å². The summed E-state index contributed by atoms with van der Waals surface area (Å²) in [6.07, 6.45) is 4.99. The zero-order chi connectivity index (χ0) is 36.6. The van der Waals surface area contributed by atoms with Crippen LogP contribution in [0.1, 0.15) is 76.1 Å². The van der Waals surface area contributed by atoms with Gasteiger partial charge in [-0.05, 0) is 127 Å². The lowest BCUT2D eigenvalue weighted by Gasteiger charge is -2.25. The number of benzene rings is 4. The summed E-state index contributed by atoms with van der Waals surface area (Å²) >= 11 is 0. The molecule has 0 heterocycles. The van der Waals surface area contributed by atoms with E-state index in [2.05, 4.69) is 19.1 Å². The third kappa shape index (κ3) is 13.7. The van der Waals surface area contributed by atoms with E-state index in [-0.39, 0.29) is 31.4 Å². The van der Waals surface area contributed by atoms with E-state index in [4.69, 9.17) is 24.1 Å². The Hall–Kier alpha value is -4.62. The molecule has 0 fully saturated rings. The van der Waals surface area contributed by atoms with Crippen LogP contribution in [0.15, 0.2) is 97.1 Å². The van der Waals surface area contributed by atoms with Crippen LogP contribution in [0.4, 0.5) is 0 Å². The molecule has 0 aliphatic carbocycles. The number of ether oxygens (including phenoxy) is 4. The number of aliphatic hydroxyl groups is 1. The van der Waals surface area contributed by atoms with Gasteiger partial charge in [0, 0.05) is 6.61 Å². The summed E-state index contributed by atoms with van der Waals surface area (Å²) in [6, 6.07) is 30.8. The molecular weight excluding hydrogens is 628 g/mol. The second kappa shape index (κ2) is 19.5. The van der Waals surface area contributed by atoms with Gasteiger partial charge in [-0.3, -0.25) is 9.59 Å². The molecule has 0 aliphatic heterocycles. The molecule has 0 unspecified atom stereocenters. The molecule has 7 nitrogen and oxygen atoms in total. The van der Waals surface area contributed by atoms with Crippen LogP contribution in [0.3, 0.4) is 0 Å². The van der Waals surface area contributed by atoms with Gasteiger partial charge in [0.25, 0.3) is 0 Å². The van der Waals surface area contributed by atoms with Crippen molar-refractivity contribution in [2.24, 2.45) is 0 Å². The highest BCUT2D eigenvalue weighted by Gasteiger charge is 2.31. The molecule has 0 aromatic heterocycles. The van der Waals surface area contributed by atoms with Gasteiger partial charge in [0.1, 0.15) is 23.0 Å². The fraction of sp³-hybridized carbons (Fsp3) is 0.395. The summed E-state index contributed by atoms with van der Waals surface area (Å²) in [6.45, 7) is 13.4. The molecule has 0 spiro atoms. The van der Waals surface area contributed by atoms with E-state index in [0.29, 0.717) is 23.0 Å². The summed E-state index contributed by atoms with van der Waals surface area (Å²) < 4.78 is 22.9. The number of rotatable bonds is 18. The molecule has 0 saturated heterocycles. The van der Waals surface area contributed by atoms with Crippen LogP contribution in [0.2, 0.25) is 0 Å². The lowest BCUT2D eigenvalue weighted by molar-refractivity contribution is -0.134. The van der Waals surface area contributed by atoms with Crippen molar-refractivity contribution in [3.05, 3.63) is 119 Å². The molecule has 1 N–H and O–H groups in total. The second-order valence-electron chi connectivity index (χ2n) is 13.5. The Bertz CT molecular complexity index is 1460. The maximum atomic E-state index is 12.5. The van der Waals surface area contributed by atoms with Crippen LogP contribution in [0.5, 0.6) is 23.0 Å². The fourth-order valence-corrected chi connectivity index (χ4v) is 4.73. The van der Waals surface area contributed by atoms with E-state index in [1.807, 2.05) is 98.8 Å². The Labute approximate surface area is 298 Å². The molecule has 50 heavy (non-hydrogen) atoms. The molecule has 0 saturated carbocycles. The molecule has 4 aromatic rings. The first-order chi connectivity index (χ1) is 23.8. The number of Topliss-reactive ketones (excluding diaryl/α,β-unsaturated/α-hetero) is 2. The largest absolute Gasteiger partial charge is 0.486 e. The van der Waals surface area contributed by atoms with Gasteiger partial charge in [0.05, 0.1) is 0 Å². The summed E-state index contributed by atoms with van der Waals surface area (Å²) in [7, 11) is 0. The van der Waals surface area contributed by atoms with Crippen LogP contribution in [0.25, 0.3) is 0 Å². The predicted octanol–water partition coefficient (Wildman–Crippen LogP) is 8.87. The molecule has 4 aromatic carbocycles. The number of aryl methyl sites for hydroxylation is 4. The number of carbonyl (C=O) groups is 2. The molecule has 4 rings (SSSR count). The first-order valence-electron chi connectivity index (χ1n) is 17.4. The van der Waals surface area contributed by atoms with Crippen LogP contribution >= 0.6 is 0 Å². The minimum absolute atomic E-state index is 0.00928. The van der Waals surface area contributed by atoms with E-state index in [0.717, 1.165) is 36.0 Å². The summed E-state index contributed by atoms with van der Waals surface area (Å²) in [5, 5.41) is 8.87. The van der Waals surface area contributed by atoms with Gasteiger partial charge >= 0.3 is 0 Å². The normalized spacial score (nSPS) is 11.2. The van der Waals surface area contributed by atoms with E-state index in [9.17, 15) is 9.59 Å². The van der Waals surface area contributed by atoms with Crippen LogP contribution in [0, 0.1) is 13.8 Å². The number of unbranched alkanes of at least 4 members (excludes halogenated alkanes) is 1. The average molecular weight is 683 g/mol. The molecule has 7 heteroatoms. The number of aliphatic hydroxyl groups excluding tert-OH is 1. The van der Waals surface area contributed by atoms with Crippen LogP contribution < -0.4 is 18.9 Å². The van der Waals surface area contributed by atoms with Gasteiger partial charge < -0.3 is 24.1 Å². The summed E-state index contributed by atoms with van der Waals surface area (Å²) in [5.41, 5.74) is 2.82. The van der Waals surface area contributed by atoms with Crippen molar-refractivity contribution in [2.45, 2.75) is 91.8 Å². The summed E-state index contributed by atoms with van der Waals surface area (Å²) in [4.78, 5) is 24.9. The molecule has 0 aliphatic rings. The van der Waals surface area contributed by atoms with E-state index in [1.54, 1.807) is 27.7 Å². The van der Waals surface area contributed by atoms with E-state index < -0.39 is 11.2 Å². The van der Waals surface area contributed by atoms with Crippen LogP contribution in [-0.4, -0.2) is 47.7 Å². The van der Waals surface area contributed by atoms with E-state index in [1.165, 1.54) is 18.4 Å². The SMILES string of the molecule is CCCCc1ccc(OC(C)(C)C(=O)COc2ccc(C)cc2)cc1.Cc1ccc(OCC(=O)C(C)(C)Oc2ccc(CCCO)cc2)cc1. The standard InChI is InChI=1S/C22H28O3.C21H26O4/c1-5-6-7-18-10-14-20(15-11-18)25-22(3,4)21(23)16-24-19-12-8-17(2)9-13-19;1-16-6-10-18(11-7-16)24-15-20(23)21(2,3)25-19-12-8-17(9-13-19)5-4-14-22/h8-15H,5-7,16H2,1-4H3;6-13,22H,4-5,14-15H2,1-3H3. The van der Waals surface area contributed by atoms with Crippen molar-refractivity contribution in [2.75, 3.05) is 19.8 Å². The summed E-state index contributed by atoms with van der Waals surface area (Å²) in [5.74, 6) is 2.48.